The smallest absolute Gasteiger partial charge is 0.225 e. The lowest BCUT2D eigenvalue weighted by Crippen LogP contribution is -2.38. The SMILES string of the molecule is O=C1C[C@@H](c2ccc(F)cc2)C2=C(C[C@@H](c3ccccc3Cl)CC2=O)N1. The van der Waals surface area contributed by atoms with Crippen LogP contribution in [0.2, 0.25) is 5.02 Å². The van der Waals surface area contributed by atoms with Gasteiger partial charge in [-0.05, 0) is 41.7 Å². The highest BCUT2D eigenvalue weighted by molar-refractivity contribution is 6.31. The molecule has 2 aromatic rings. The van der Waals surface area contributed by atoms with E-state index in [1.807, 2.05) is 24.3 Å². The number of rotatable bonds is 2. The summed E-state index contributed by atoms with van der Waals surface area (Å²) in [5.74, 6) is -0.811. The summed E-state index contributed by atoms with van der Waals surface area (Å²) in [4.78, 5) is 25.2. The summed E-state index contributed by atoms with van der Waals surface area (Å²) in [7, 11) is 0. The first kappa shape index (κ1) is 17.0. The van der Waals surface area contributed by atoms with Crippen LogP contribution in [0.4, 0.5) is 4.39 Å². The minimum atomic E-state index is -0.336. The Morgan fingerprint density at radius 3 is 2.42 bits per heavy atom. The number of nitrogens with one attached hydrogen (secondary N) is 1. The third kappa shape index (κ3) is 3.06. The van der Waals surface area contributed by atoms with Crippen LogP contribution in [0.1, 0.15) is 42.2 Å². The fraction of sp³-hybridized carbons (Fsp3) is 0.238. The minimum absolute atomic E-state index is 0.0190. The molecule has 0 unspecified atom stereocenters. The zero-order valence-electron chi connectivity index (χ0n) is 14.0. The van der Waals surface area contributed by atoms with Crippen LogP contribution in [-0.2, 0) is 9.59 Å². The summed E-state index contributed by atoms with van der Waals surface area (Å²) in [5, 5.41) is 3.51. The zero-order valence-corrected chi connectivity index (χ0v) is 14.7. The first-order chi connectivity index (χ1) is 12.5. The molecule has 0 aromatic heterocycles. The maximum atomic E-state index is 13.2. The van der Waals surface area contributed by atoms with Gasteiger partial charge in [-0.1, -0.05) is 41.9 Å². The molecule has 1 aliphatic carbocycles. The Morgan fingerprint density at radius 2 is 1.69 bits per heavy atom. The number of hydrogen-bond acceptors (Lipinski definition) is 2. The van der Waals surface area contributed by atoms with Gasteiger partial charge in [-0.25, -0.2) is 4.39 Å². The molecule has 0 radical (unpaired) electrons. The first-order valence-corrected chi connectivity index (χ1v) is 8.96. The average molecular weight is 370 g/mol. The monoisotopic (exact) mass is 369 g/mol. The zero-order chi connectivity index (χ0) is 18.3. The van der Waals surface area contributed by atoms with Crippen molar-refractivity contribution in [2.24, 2.45) is 0 Å². The number of halogens is 2. The normalized spacial score (nSPS) is 22.8. The Kier molecular flexibility index (Phi) is 4.37. The van der Waals surface area contributed by atoms with Gasteiger partial charge >= 0.3 is 0 Å². The van der Waals surface area contributed by atoms with Crippen molar-refractivity contribution in [2.45, 2.75) is 31.1 Å². The van der Waals surface area contributed by atoms with E-state index in [-0.39, 0.29) is 35.8 Å². The van der Waals surface area contributed by atoms with Crippen molar-refractivity contribution in [3.63, 3.8) is 0 Å². The van der Waals surface area contributed by atoms with Gasteiger partial charge in [-0.15, -0.1) is 0 Å². The molecule has 2 atom stereocenters. The Morgan fingerprint density at radius 1 is 0.962 bits per heavy atom. The second kappa shape index (κ2) is 6.69. The van der Waals surface area contributed by atoms with Gasteiger partial charge in [0.1, 0.15) is 5.82 Å². The molecule has 0 saturated heterocycles. The highest BCUT2D eigenvalue weighted by Gasteiger charge is 2.38. The van der Waals surface area contributed by atoms with Crippen LogP contribution in [0.5, 0.6) is 0 Å². The van der Waals surface area contributed by atoms with Crippen molar-refractivity contribution < 1.29 is 14.0 Å². The molecule has 0 spiro atoms. The second-order valence-corrected chi connectivity index (χ2v) is 7.21. The molecule has 0 bridgehead atoms. The number of Topliss-reactive ketones (excluding diaryl/α,β-unsaturated/α-hetero) is 1. The molecule has 0 saturated carbocycles. The summed E-state index contributed by atoms with van der Waals surface area (Å²) in [6, 6.07) is 13.5. The van der Waals surface area contributed by atoms with E-state index in [9.17, 15) is 14.0 Å². The Hall–Kier alpha value is -2.46. The number of amides is 1. The Labute approximate surface area is 155 Å². The molecule has 1 heterocycles. The van der Waals surface area contributed by atoms with Crippen molar-refractivity contribution in [3.8, 4) is 0 Å². The van der Waals surface area contributed by atoms with Gasteiger partial charge in [0.25, 0.3) is 0 Å². The fourth-order valence-electron chi connectivity index (χ4n) is 3.97. The van der Waals surface area contributed by atoms with Crippen LogP contribution in [0.25, 0.3) is 0 Å². The summed E-state index contributed by atoms with van der Waals surface area (Å²) in [6.07, 6.45) is 1.12. The maximum absolute atomic E-state index is 13.2. The highest BCUT2D eigenvalue weighted by atomic mass is 35.5. The highest BCUT2D eigenvalue weighted by Crippen LogP contribution is 2.43. The Bertz CT molecular complexity index is 920. The van der Waals surface area contributed by atoms with E-state index in [1.165, 1.54) is 12.1 Å². The number of hydrogen-bond donors (Lipinski definition) is 1. The van der Waals surface area contributed by atoms with E-state index in [4.69, 9.17) is 11.6 Å². The van der Waals surface area contributed by atoms with Crippen LogP contribution in [0.3, 0.4) is 0 Å². The van der Waals surface area contributed by atoms with Crippen molar-refractivity contribution >= 4 is 23.3 Å². The largest absolute Gasteiger partial charge is 0.329 e. The summed E-state index contributed by atoms with van der Waals surface area (Å²) in [6.45, 7) is 0. The van der Waals surface area contributed by atoms with Crippen molar-refractivity contribution in [1.82, 2.24) is 5.32 Å². The van der Waals surface area contributed by atoms with E-state index in [0.29, 0.717) is 29.1 Å². The Balaban J connectivity index is 1.73. The van der Waals surface area contributed by atoms with Gasteiger partial charge in [-0.2, -0.15) is 0 Å². The second-order valence-electron chi connectivity index (χ2n) is 6.80. The molecule has 132 valence electrons. The molecular formula is C21H17ClFNO2. The molecule has 2 aliphatic rings. The standard InChI is InChI=1S/C21H17ClFNO2/c22-17-4-2-1-3-15(17)13-9-18-21(19(25)10-13)16(11-20(26)24-18)12-5-7-14(23)8-6-12/h1-8,13,16H,9-11H2,(H,24,26)/t13-,16+/m1/s1. The van der Waals surface area contributed by atoms with Gasteiger partial charge in [0.15, 0.2) is 5.78 Å². The number of carbonyl (C=O) groups excluding carboxylic acids is 2. The van der Waals surface area contributed by atoms with E-state index < -0.39 is 0 Å². The lowest BCUT2D eigenvalue weighted by Gasteiger charge is -2.34. The lowest BCUT2D eigenvalue weighted by atomic mass is 9.73. The number of allylic oxidation sites excluding steroid dienone is 2. The van der Waals surface area contributed by atoms with Gasteiger partial charge in [0, 0.05) is 35.1 Å². The van der Waals surface area contributed by atoms with Crippen molar-refractivity contribution in [2.75, 3.05) is 0 Å². The summed E-state index contributed by atoms with van der Waals surface area (Å²) in [5.41, 5.74) is 3.04. The molecule has 4 rings (SSSR count). The number of carbonyl (C=O) groups is 2. The van der Waals surface area contributed by atoms with Crippen LogP contribution >= 0.6 is 11.6 Å². The van der Waals surface area contributed by atoms with Gasteiger partial charge < -0.3 is 5.32 Å². The number of benzene rings is 2. The van der Waals surface area contributed by atoms with Crippen LogP contribution < -0.4 is 5.32 Å². The van der Waals surface area contributed by atoms with Crippen LogP contribution in [-0.4, -0.2) is 11.7 Å². The molecule has 1 amide bonds. The van der Waals surface area contributed by atoms with E-state index in [0.717, 1.165) is 11.1 Å². The molecular weight excluding hydrogens is 353 g/mol. The van der Waals surface area contributed by atoms with Crippen LogP contribution in [0.15, 0.2) is 59.8 Å². The molecule has 3 nitrogen and oxygen atoms in total. The van der Waals surface area contributed by atoms with Gasteiger partial charge in [0.2, 0.25) is 5.91 Å². The quantitative estimate of drug-likeness (QED) is 0.848. The molecule has 1 aliphatic heterocycles. The third-order valence-electron chi connectivity index (χ3n) is 5.15. The van der Waals surface area contributed by atoms with Crippen molar-refractivity contribution in [3.05, 3.63) is 81.8 Å². The number of ketones is 1. The lowest BCUT2D eigenvalue weighted by molar-refractivity contribution is -0.122. The summed E-state index contributed by atoms with van der Waals surface area (Å²) >= 11 is 6.30. The molecule has 5 heteroatoms. The van der Waals surface area contributed by atoms with E-state index in [1.54, 1.807) is 12.1 Å². The van der Waals surface area contributed by atoms with E-state index in [2.05, 4.69) is 5.32 Å². The van der Waals surface area contributed by atoms with Crippen LogP contribution in [0, 0.1) is 5.82 Å². The molecule has 26 heavy (non-hydrogen) atoms. The average Bonchev–Trinajstić information content (AvgIpc) is 2.61. The first-order valence-electron chi connectivity index (χ1n) is 8.59. The maximum Gasteiger partial charge on any atom is 0.225 e. The summed E-state index contributed by atoms with van der Waals surface area (Å²) < 4.78 is 13.2. The molecule has 1 N–H and O–H groups in total. The topological polar surface area (TPSA) is 46.2 Å². The predicted molar refractivity (Wildman–Crippen MR) is 97.4 cm³/mol. The van der Waals surface area contributed by atoms with E-state index >= 15 is 0 Å². The van der Waals surface area contributed by atoms with Gasteiger partial charge in [-0.3, -0.25) is 9.59 Å². The van der Waals surface area contributed by atoms with Crippen molar-refractivity contribution in [1.29, 1.82) is 0 Å². The fourth-order valence-corrected chi connectivity index (χ4v) is 4.26. The molecule has 0 fully saturated rings. The molecule has 2 aromatic carbocycles. The van der Waals surface area contributed by atoms with Gasteiger partial charge in [0.05, 0.1) is 0 Å². The third-order valence-corrected chi connectivity index (χ3v) is 5.50. The predicted octanol–water partition coefficient (Wildman–Crippen LogP) is 4.48. The minimum Gasteiger partial charge on any atom is -0.329 e.